The monoisotopic (exact) mass is 460 g/mol. The predicted octanol–water partition coefficient (Wildman–Crippen LogP) is 4.33. The third kappa shape index (κ3) is 4.57. The summed E-state index contributed by atoms with van der Waals surface area (Å²) in [4.78, 5) is 41.1. The zero-order chi connectivity index (χ0) is 23.4. The maximum Gasteiger partial charge on any atom is 0.337 e. The van der Waals surface area contributed by atoms with Gasteiger partial charge in [-0.05, 0) is 31.5 Å². The summed E-state index contributed by atoms with van der Waals surface area (Å²) < 4.78 is 15.8. The van der Waals surface area contributed by atoms with Gasteiger partial charge in [-0.2, -0.15) is 0 Å². The Kier molecular flexibility index (Phi) is 7.09. The molecule has 10 heteroatoms. The molecule has 0 spiro atoms. The minimum Gasteiger partial charge on any atom is -0.468 e. The van der Waals surface area contributed by atoms with Crippen LogP contribution in [0.15, 0.2) is 63.3 Å². The molecule has 1 aromatic heterocycles. The Bertz CT molecular complexity index is 1090. The van der Waals surface area contributed by atoms with Crippen molar-refractivity contribution < 1.29 is 28.4 Å². The summed E-state index contributed by atoms with van der Waals surface area (Å²) in [6.45, 7) is 3.25. The number of aliphatic imine (C=N–C) groups is 1. The number of nitro benzene ring substituents is 1. The molecular formula is C22H21ClN2O7. The van der Waals surface area contributed by atoms with Crippen molar-refractivity contribution in [3.63, 3.8) is 0 Å². The number of rotatable bonds is 7. The van der Waals surface area contributed by atoms with Crippen LogP contribution in [0, 0.1) is 16.0 Å². The molecule has 1 aliphatic heterocycles. The van der Waals surface area contributed by atoms with E-state index in [9.17, 15) is 19.7 Å². The molecule has 0 aliphatic carbocycles. The number of nitro groups is 1. The average molecular weight is 461 g/mol. The second kappa shape index (κ2) is 9.78. The molecule has 0 saturated carbocycles. The number of esters is 2. The fourth-order valence-electron chi connectivity index (χ4n) is 3.76. The number of carbonyl (C=O) groups is 2. The van der Waals surface area contributed by atoms with Crippen LogP contribution in [-0.2, 0) is 19.1 Å². The smallest absolute Gasteiger partial charge is 0.337 e. The number of allylic oxidation sites excluding steroid dienone is 1. The van der Waals surface area contributed by atoms with Crippen molar-refractivity contribution in [1.29, 1.82) is 0 Å². The first-order valence-corrected chi connectivity index (χ1v) is 10.2. The lowest BCUT2D eigenvalue weighted by Crippen LogP contribution is -2.36. The molecule has 1 aliphatic rings. The highest BCUT2D eigenvalue weighted by molar-refractivity contribution is 6.18. The first-order valence-electron chi connectivity index (χ1n) is 9.67. The fourth-order valence-corrected chi connectivity index (χ4v) is 3.97. The van der Waals surface area contributed by atoms with Crippen LogP contribution in [0.2, 0.25) is 0 Å². The van der Waals surface area contributed by atoms with Gasteiger partial charge in [-0.15, -0.1) is 11.6 Å². The number of halogens is 1. The Morgan fingerprint density at radius 1 is 1.28 bits per heavy atom. The highest BCUT2D eigenvalue weighted by atomic mass is 35.5. The second-order valence-corrected chi connectivity index (χ2v) is 7.46. The van der Waals surface area contributed by atoms with Crippen LogP contribution in [0.5, 0.6) is 0 Å². The van der Waals surface area contributed by atoms with Crippen LogP contribution >= 0.6 is 11.6 Å². The zero-order valence-electron chi connectivity index (χ0n) is 17.6. The summed E-state index contributed by atoms with van der Waals surface area (Å²) in [5, 5.41) is 11.3. The quantitative estimate of drug-likeness (QED) is 0.261. The van der Waals surface area contributed by atoms with E-state index in [4.69, 9.17) is 25.5 Å². The normalized spacial score (nSPS) is 19.2. The molecule has 3 atom stereocenters. The number of furan rings is 1. The lowest BCUT2D eigenvalue weighted by atomic mass is 9.75. The highest BCUT2D eigenvalue weighted by Crippen LogP contribution is 2.41. The number of ether oxygens (including phenoxy) is 2. The molecule has 2 heterocycles. The van der Waals surface area contributed by atoms with Crippen molar-refractivity contribution in [2.75, 3.05) is 13.0 Å². The number of hydrogen-bond acceptors (Lipinski definition) is 8. The Hall–Kier alpha value is -3.46. The molecule has 2 aromatic rings. The molecule has 0 N–H and O–H groups in total. The molecule has 0 bridgehead atoms. The minimum absolute atomic E-state index is 0.0597. The highest BCUT2D eigenvalue weighted by Gasteiger charge is 2.43. The first-order chi connectivity index (χ1) is 15.3. The minimum atomic E-state index is -0.966. The standard InChI is InChI=1S/C22H21ClN2O7/c1-12-18(21(26)30-3)20(14-6-4-7-15(10-14)25(28)29)19(13(2)24-12)22(27)32-17(11-23)16-8-5-9-31-16/h4-10,17-18,20H,11H2,1-3H3. The van der Waals surface area contributed by atoms with Gasteiger partial charge >= 0.3 is 11.9 Å². The van der Waals surface area contributed by atoms with Crippen LogP contribution in [0.25, 0.3) is 0 Å². The molecule has 3 rings (SSSR count). The number of non-ortho nitro benzene ring substituents is 1. The van der Waals surface area contributed by atoms with Crippen molar-refractivity contribution in [2.24, 2.45) is 10.9 Å². The van der Waals surface area contributed by atoms with E-state index in [1.165, 1.54) is 31.6 Å². The van der Waals surface area contributed by atoms with E-state index in [1.807, 2.05) is 0 Å². The lowest BCUT2D eigenvalue weighted by Gasteiger charge is -2.31. The molecule has 0 saturated heterocycles. The first kappa shape index (κ1) is 23.2. The van der Waals surface area contributed by atoms with E-state index in [2.05, 4.69) is 4.99 Å². The molecule has 9 nitrogen and oxygen atoms in total. The number of hydrogen-bond donors (Lipinski definition) is 0. The van der Waals surface area contributed by atoms with Gasteiger partial charge in [0.25, 0.3) is 5.69 Å². The van der Waals surface area contributed by atoms with Crippen molar-refractivity contribution in [3.05, 3.63) is 75.4 Å². The predicted molar refractivity (Wildman–Crippen MR) is 115 cm³/mol. The van der Waals surface area contributed by atoms with Gasteiger partial charge in [0, 0.05) is 29.5 Å². The van der Waals surface area contributed by atoms with E-state index >= 15 is 0 Å². The molecular weight excluding hydrogens is 440 g/mol. The number of carbonyl (C=O) groups excluding carboxylic acids is 2. The van der Waals surface area contributed by atoms with E-state index in [0.29, 0.717) is 22.7 Å². The zero-order valence-corrected chi connectivity index (χ0v) is 18.4. The van der Waals surface area contributed by atoms with Gasteiger partial charge in [-0.3, -0.25) is 19.9 Å². The van der Waals surface area contributed by atoms with Gasteiger partial charge in [-0.25, -0.2) is 4.79 Å². The number of methoxy groups -OCH3 is 1. The number of nitrogens with zero attached hydrogens (tertiary/aromatic N) is 2. The summed E-state index contributed by atoms with van der Waals surface area (Å²) in [5.74, 6) is -2.95. The Balaban J connectivity index is 2.10. The average Bonchev–Trinajstić information content (AvgIpc) is 3.31. The van der Waals surface area contributed by atoms with Crippen molar-refractivity contribution in [2.45, 2.75) is 25.9 Å². The van der Waals surface area contributed by atoms with E-state index < -0.39 is 34.8 Å². The van der Waals surface area contributed by atoms with Gasteiger partial charge in [0.2, 0.25) is 0 Å². The van der Waals surface area contributed by atoms with E-state index in [0.717, 1.165) is 0 Å². The third-order valence-corrected chi connectivity index (χ3v) is 5.47. The van der Waals surface area contributed by atoms with E-state index in [-0.39, 0.29) is 17.1 Å². The summed E-state index contributed by atoms with van der Waals surface area (Å²) >= 11 is 5.98. The molecule has 32 heavy (non-hydrogen) atoms. The Labute approximate surface area is 188 Å². The molecule has 3 unspecified atom stereocenters. The van der Waals surface area contributed by atoms with Gasteiger partial charge in [-0.1, -0.05) is 12.1 Å². The third-order valence-electron chi connectivity index (χ3n) is 5.19. The van der Waals surface area contributed by atoms with Crippen LogP contribution in [0.3, 0.4) is 0 Å². The molecule has 1 aromatic carbocycles. The summed E-state index contributed by atoms with van der Waals surface area (Å²) in [6.07, 6.45) is 0.564. The van der Waals surface area contributed by atoms with Gasteiger partial charge in [0.05, 0.1) is 29.7 Å². The number of benzene rings is 1. The van der Waals surface area contributed by atoms with Crippen LogP contribution < -0.4 is 0 Å². The van der Waals surface area contributed by atoms with Crippen LogP contribution in [-0.4, -0.2) is 35.6 Å². The Morgan fingerprint density at radius 3 is 2.62 bits per heavy atom. The van der Waals surface area contributed by atoms with Crippen LogP contribution in [0.1, 0.15) is 37.2 Å². The topological polar surface area (TPSA) is 121 Å². The summed E-state index contributed by atoms with van der Waals surface area (Å²) in [7, 11) is 1.23. The second-order valence-electron chi connectivity index (χ2n) is 7.15. The molecule has 168 valence electrons. The fraction of sp³-hybridized carbons (Fsp3) is 0.318. The van der Waals surface area contributed by atoms with E-state index in [1.54, 1.807) is 32.0 Å². The van der Waals surface area contributed by atoms with Gasteiger partial charge in [0.1, 0.15) is 11.7 Å². The Morgan fingerprint density at radius 2 is 2.03 bits per heavy atom. The largest absolute Gasteiger partial charge is 0.468 e. The SMILES string of the molecule is COC(=O)C1C(C)=NC(C)=C(C(=O)OC(CCl)c2ccco2)C1c1cccc([N+](=O)[O-])c1. The molecule has 0 amide bonds. The van der Waals surface area contributed by atoms with Crippen molar-refractivity contribution >= 4 is 34.9 Å². The van der Waals surface area contributed by atoms with Gasteiger partial charge < -0.3 is 13.9 Å². The summed E-state index contributed by atoms with van der Waals surface area (Å²) in [5.41, 5.74) is 1.05. The lowest BCUT2D eigenvalue weighted by molar-refractivity contribution is -0.384. The molecule has 0 fully saturated rings. The van der Waals surface area contributed by atoms with Crippen molar-refractivity contribution in [3.8, 4) is 0 Å². The maximum atomic E-state index is 13.3. The van der Waals surface area contributed by atoms with Crippen molar-refractivity contribution in [1.82, 2.24) is 0 Å². The van der Waals surface area contributed by atoms with Gasteiger partial charge in [0.15, 0.2) is 6.10 Å². The molecule has 0 radical (unpaired) electrons. The van der Waals surface area contributed by atoms with Crippen LogP contribution in [0.4, 0.5) is 5.69 Å². The summed E-state index contributed by atoms with van der Waals surface area (Å²) in [6, 6.07) is 9.02. The number of alkyl halides is 1. The maximum absolute atomic E-state index is 13.3.